The van der Waals surface area contributed by atoms with Crippen molar-refractivity contribution in [3.63, 3.8) is 0 Å². The first-order chi connectivity index (χ1) is 21.6. The molecule has 3 heteroatoms. The quantitative estimate of drug-likeness (QED) is 0.170. The highest BCUT2D eigenvalue weighted by Crippen LogP contribution is 2.50. The lowest BCUT2D eigenvalue weighted by Gasteiger charge is -2.24. The molecular weight excluding hydrogens is 543 g/mol. The Morgan fingerprint density at radius 2 is 1.38 bits per heavy atom. The van der Waals surface area contributed by atoms with Crippen LogP contribution in [0.4, 0.5) is 11.4 Å². The molecule has 0 bridgehead atoms. The average molecular weight is 588 g/mol. The van der Waals surface area contributed by atoms with E-state index in [1.54, 1.807) is 0 Å². The van der Waals surface area contributed by atoms with Crippen molar-refractivity contribution in [3.8, 4) is 0 Å². The van der Waals surface area contributed by atoms with Gasteiger partial charge in [-0.2, -0.15) is 4.58 Å². The molecule has 0 radical (unpaired) electrons. The van der Waals surface area contributed by atoms with E-state index in [4.69, 9.17) is 0 Å². The number of nitrogens with zero attached hydrogens (tertiary/aromatic N) is 2. The Kier molecular flexibility index (Phi) is 7.12. The average Bonchev–Trinajstić information content (AvgIpc) is 3.36. The molecule has 4 aromatic carbocycles. The van der Waals surface area contributed by atoms with Crippen LogP contribution in [0.1, 0.15) is 58.1 Å². The zero-order chi connectivity index (χ0) is 31.5. The third kappa shape index (κ3) is 4.67. The number of rotatable bonds is 4. The fourth-order valence-electron chi connectivity index (χ4n) is 8.35. The molecule has 0 N–H and O–H groups in total. The molecule has 4 aromatic rings. The number of benzene rings is 4. The molecule has 0 atom stereocenters. The normalized spacial score (nSPS) is 21.0. The summed E-state index contributed by atoms with van der Waals surface area (Å²) in [4.78, 5) is 2.37. The van der Waals surface area contributed by atoms with Crippen LogP contribution in [0.5, 0.6) is 0 Å². The summed E-state index contributed by atoms with van der Waals surface area (Å²) < 4.78 is 2.40. The first-order valence-corrected chi connectivity index (χ1v) is 16.5. The minimum Gasteiger partial charge on any atom is -0.347 e. The van der Waals surface area contributed by atoms with Gasteiger partial charge in [0.25, 0.3) is 0 Å². The van der Waals surface area contributed by atoms with E-state index in [1.165, 1.54) is 78.5 Å². The van der Waals surface area contributed by atoms with Gasteiger partial charge in [-0.3, -0.25) is 0 Å². The van der Waals surface area contributed by atoms with Crippen molar-refractivity contribution in [2.24, 2.45) is 0 Å². The van der Waals surface area contributed by atoms with Crippen molar-refractivity contribution in [1.29, 1.82) is 0 Å². The lowest BCUT2D eigenvalue weighted by Crippen LogP contribution is -2.27. The van der Waals surface area contributed by atoms with Crippen LogP contribution in [-0.4, -0.2) is 32.2 Å². The van der Waals surface area contributed by atoms with Gasteiger partial charge < -0.3 is 4.90 Å². The molecule has 2 nitrogen and oxygen atoms in total. The topological polar surface area (TPSA) is 6.25 Å². The first kappa shape index (κ1) is 29.4. The fraction of sp³-hybridized carbons (Fsp3) is 0.262. The van der Waals surface area contributed by atoms with Gasteiger partial charge >= 0.3 is 0 Å². The van der Waals surface area contributed by atoms with Crippen LogP contribution in [0.2, 0.25) is 0 Å². The molecule has 0 unspecified atom stereocenters. The standard InChI is InChI=1S/C42H44BN2/c1-41(2)36(44(5)34-25-22-28-14-7-10-19-32(28)38(34)41)21-12-9-16-30-17-13-18-31(40(30)43)24-27-37-42(3,4)39-33-20-11-8-15-29(33)23-26-35(39)45(37)6/h7-12,14-16,19-27H,13,17-18,43H2,1-6H3/q+1. The summed E-state index contributed by atoms with van der Waals surface area (Å²) in [6.07, 6.45) is 17.4. The summed E-state index contributed by atoms with van der Waals surface area (Å²) in [7, 11) is 6.73. The van der Waals surface area contributed by atoms with Gasteiger partial charge in [0, 0.05) is 41.6 Å². The van der Waals surface area contributed by atoms with Crippen molar-refractivity contribution in [2.75, 3.05) is 19.0 Å². The maximum Gasteiger partial charge on any atom is 0.210 e. The highest BCUT2D eigenvalue weighted by atomic mass is 15.2. The summed E-state index contributed by atoms with van der Waals surface area (Å²) in [6, 6.07) is 26.6. The number of fused-ring (bicyclic) bond motifs is 6. The predicted octanol–water partition coefficient (Wildman–Crippen LogP) is 9.42. The summed E-state index contributed by atoms with van der Waals surface area (Å²) in [6.45, 7) is 9.46. The molecule has 3 aliphatic rings. The van der Waals surface area contributed by atoms with Gasteiger partial charge in [-0.1, -0.05) is 109 Å². The maximum absolute atomic E-state index is 2.40. The Labute approximate surface area is 269 Å². The van der Waals surface area contributed by atoms with Crippen molar-refractivity contribution in [1.82, 2.24) is 0 Å². The van der Waals surface area contributed by atoms with Crippen molar-refractivity contribution >= 4 is 46.5 Å². The van der Waals surface area contributed by atoms with Gasteiger partial charge in [-0.15, -0.1) is 0 Å². The van der Waals surface area contributed by atoms with E-state index in [-0.39, 0.29) is 10.8 Å². The lowest BCUT2D eigenvalue weighted by atomic mass is 9.75. The van der Waals surface area contributed by atoms with E-state index in [2.05, 4.69) is 168 Å². The van der Waals surface area contributed by atoms with Crippen molar-refractivity contribution in [2.45, 2.75) is 57.8 Å². The van der Waals surface area contributed by atoms with E-state index >= 15 is 0 Å². The van der Waals surface area contributed by atoms with Gasteiger partial charge in [0.2, 0.25) is 5.69 Å². The van der Waals surface area contributed by atoms with Crippen LogP contribution in [-0.2, 0) is 10.8 Å². The molecule has 1 aliphatic carbocycles. The monoisotopic (exact) mass is 587 g/mol. The second-order valence-corrected chi connectivity index (χ2v) is 14.1. The molecule has 7 rings (SSSR count). The SMILES string of the molecule is BC1=C(/C=C/C2=[N+](C)c3ccc4ccccc4c3C2(C)C)CCC\C1=C/C=C/C=C1/N(C)c2ccc3ccccc3c2C1(C)C. The Morgan fingerprint density at radius 3 is 2.11 bits per heavy atom. The largest absolute Gasteiger partial charge is 0.347 e. The molecule has 2 heterocycles. The fourth-order valence-corrected chi connectivity index (χ4v) is 8.35. The number of likely N-dealkylation sites (N-methyl/N-ethyl adjacent to an activating group) is 1. The number of hydrogen-bond donors (Lipinski definition) is 0. The molecule has 2 aliphatic heterocycles. The Bertz CT molecular complexity index is 2060. The molecule has 0 saturated carbocycles. The highest BCUT2D eigenvalue weighted by Gasteiger charge is 2.44. The van der Waals surface area contributed by atoms with Crippen LogP contribution in [0.25, 0.3) is 21.5 Å². The van der Waals surface area contributed by atoms with E-state index in [1.807, 2.05) is 0 Å². The van der Waals surface area contributed by atoms with Crippen molar-refractivity contribution in [3.05, 3.63) is 143 Å². The molecule has 224 valence electrons. The Morgan fingerprint density at radius 1 is 0.733 bits per heavy atom. The van der Waals surface area contributed by atoms with E-state index < -0.39 is 0 Å². The molecule has 0 fully saturated rings. The zero-order valence-electron chi connectivity index (χ0n) is 27.9. The zero-order valence-corrected chi connectivity index (χ0v) is 27.9. The summed E-state index contributed by atoms with van der Waals surface area (Å²) in [5.74, 6) is 0. The van der Waals surface area contributed by atoms with Gasteiger partial charge in [-0.25, -0.2) is 0 Å². The second-order valence-electron chi connectivity index (χ2n) is 14.1. The summed E-state index contributed by atoms with van der Waals surface area (Å²) in [5.41, 5.74) is 12.4. The van der Waals surface area contributed by atoms with Crippen LogP contribution in [0.15, 0.2) is 132 Å². The molecule has 0 aromatic heterocycles. The lowest BCUT2D eigenvalue weighted by molar-refractivity contribution is -0.401. The number of hydrogen-bond acceptors (Lipinski definition) is 1. The van der Waals surface area contributed by atoms with E-state index in [0.29, 0.717) is 0 Å². The molecule has 45 heavy (non-hydrogen) atoms. The van der Waals surface area contributed by atoms with Gasteiger partial charge in [0.15, 0.2) is 5.71 Å². The third-order valence-corrected chi connectivity index (χ3v) is 10.8. The van der Waals surface area contributed by atoms with Crippen molar-refractivity contribution < 1.29 is 4.58 Å². The molecule has 0 spiro atoms. The second kappa shape index (κ2) is 10.9. The van der Waals surface area contributed by atoms with E-state index in [9.17, 15) is 0 Å². The van der Waals surface area contributed by atoms with E-state index in [0.717, 1.165) is 12.8 Å². The molecule has 0 saturated heterocycles. The first-order valence-electron chi connectivity index (χ1n) is 16.5. The van der Waals surface area contributed by atoms with Gasteiger partial charge in [0.05, 0.1) is 5.41 Å². The molecular formula is C42H44BN2+. The van der Waals surface area contributed by atoms with Crippen LogP contribution >= 0.6 is 0 Å². The minimum absolute atomic E-state index is 0.0629. The smallest absolute Gasteiger partial charge is 0.210 e. The van der Waals surface area contributed by atoms with Gasteiger partial charge in [-0.05, 0) is 78.4 Å². The Hall–Kier alpha value is -4.37. The third-order valence-electron chi connectivity index (χ3n) is 10.8. The van der Waals surface area contributed by atoms with Crippen LogP contribution < -0.4 is 4.90 Å². The summed E-state index contributed by atoms with van der Waals surface area (Å²) in [5, 5.41) is 5.34. The Balaban J connectivity index is 1.15. The summed E-state index contributed by atoms with van der Waals surface area (Å²) >= 11 is 0. The number of anilines is 1. The van der Waals surface area contributed by atoms with Crippen LogP contribution in [0.3, 0.4) is 0 Å². The molecule has 0 amide bonds. The maximum atomic E-state index is 2.40. The minimum atomic E-state index is -0.0636. The predicted molar refractivity (Wildman–Crippen MR) is 197 cm³/mol. The number of allylic oxidation sites excluding steroid dienone is 10. The van der Waals surface area contributed by atoms with Crippen LogP contribution in [0, 0.1) is 0 Å². The van der Waals surface area contributed by atoms with Gasteiger partial charge in [0.1, 0.15) is 14.9 Å². The highest BCUT2D eigenvalue weighted by molar-refractivity contribution is 6.25.